The van der Waals surface area contributed by atoms with Gasteiger partial charge in [0.2, 0.25) is 5.75 Å². The lowest BCUT2D eigenvalue weighted by molar-refractivity contribution is -0.177. The van der Waals surface area contributed by atoms with Gasteiger partial charge >= 0.3 is 5.97 Å². The lowest BCUT2D eigenvalue weighted by Crippen LogP contribution is -2.40. The summed E-state index contributed by atoms with van der Waals surface area (Å²) in [5.41, 5.74) is -1.73. The lowest BCUT2D eigenvalue weighted by atomic mass is 9.94. The zero-order valence-corrected chi connectivity index (χ0v) is 19.8. The SMILES string of the molecule is CCCOc1ccc([C@](C)(OC(C)C)C(=O)OCC)c(F)c1Oc1ccc(Cl)cc1Cl. The van der Waals surface area contributed by atoms with Gasteiger partial charge in [-0.2, -0.15) is 0 Å². The van der Waals surface area contributed by atoms with Gasteiger partial charge in [-0.15, -0.1) is 0 Å². The third-order valence-corrected chi connectivity index (χ3v) is 4.81. The molecule has 2 aromatic carbocycles. The molecule has 5 nitrogen and oxygen atoms in total. The van der Waals surface area contributed by atoms with Gasteiger partial charge in [0.25, 0.3) is 0 Å². The molecule has 0 fully saturated rings. The van der Waals surface area contributed by atoms with E-state index in [9.17, 15) is 4.79 Å². The highest BCUT2D eigenvalue weighted by atomic mass is 35.5. The Labute approximate surface area is 192 Å². The van der Waals surface area contributed by atoms with Crippen molar-refractivity contribution in [1.29, 1.82) is 0 Å². The van der Waals surface area contributed by atoms with Gasteiger partial charge in [-0.1, -0.05) is 30.1 Å². The van der Waals surface area contributed by atoms with Crippen LogP contribution in [0.4, 0.5) is 4.39 Å². The topological polar surface area (TPSA) is 54.0 Å². The number of ether oxygens (including phenoxy) is 4. The number of benzene rings is 2. The Morgan fingerprint density at radius 2 is 1.81 bits per heavy atom. The summed E-state index contributed by atoms with van der Waals surface area (Å²) < 4.78 is 38.3. The van der Waals surface area contributed by atoms with Crippen LogP contribution in [0.25, 0.3) is 0 Å². The van der Waals surface area contributed by atoms with Crippen molar-refractivity contribution < 1.29 is 28.1 Å². The Kier molecular flexibility index (Phi) is 8.98. The number of rotatable bonds is 10. The summed E-state index contributed by atoms with van der Waals surface area (Å²) in [6.07, 6.45) is 0.335. The predicted octanol–water partition coefficient (Wildman–Crippen LogP) is 6.92. The first kappa shape index (κ1) is 25.2. The average molecular weight is 473 g/mol. The number of halogens is 3. The number of hydrogen-bond acceptors (Lipinski definition) is 5. The smallest absolute Gasteiger partial charge is 0.342 e. The molecule has 0 aromatic heterocycles. The maximum atomic E-state index is 15.8. The molecule has 170 valence electrons. The first-order valence-corrected chi connectivity index (χ1v) is 10.8. The minimum absolute atomic E-state index is 0.0383. The van der Waals surface area contributed by atoms with Gasteiger partial charge < -0.3 is 18.9 Å². The molecule has 31 heavy (non-hydrogen) atoms. The fourth-order valence-electron chi connectivity index (χ4n) is 2.96. The summed E-state index contributed by atoms with van der Waals surface area (Å²) in [6, 6.07) is 7.55. The largest absolute Gasteiger partial charge is 0.490 e. The standard InChI is InChI=1S/C23H27Cl2FO5/c1-6-12-29-19-11-9-16(23(5,31-14(3)4)22(27)28-7-2)20(26)21(19)30-18-10-8-15(24)13-17(18)25/h8-11,13-14H,6-7,12H2,1-5H3/t23-/m0/s1. The quantitative estimate of drug-likeness (QED) is 0.351. The summed E-state index contributed by atoms with van der Waals surface area (Å²) >= 11 is 12.1. The minimum atomic E-state index is -1.69. The van der Waals surface area contributed by atoms with Gasteiger partial charge in [0.15, 0.2) is 17.2 Å². The molecule has 2 aromatic rings. The number of carbonyl (C=O) groups excluding carboxylic acids is 1. The van der Waals surface area contributed by atoms with E-state index in [4.69, 9.17) is 42.1 Å². The molecule has 0 aliphatic rings. The monoisotopic (exact) mass is 472 g/mol. The van der Waals surface area contributed by atoms with Crippen LogP contribution in [-0.2, 0) is 19.9 Å². The Hall–Kier alpha value is -2.02. The zero-order valence-electron chi connectivity index (χ0n) is 18.3. The molecule has 0 radical (unpaired) electrons. The normalized spacial score (nSPS) is 13.1. The van der Waals surface area contributed by atoms with Crippen LogP contribution in [0.15, 0.2) is 30.3 Å². The van der Waals surface area contributed by atoms with Gasteiger partial charge in [0.05, 0.1) is 24.3 Å². The third kappa shape index (κ3) is 6.03. The Balaban J connectivity index is 2.63. The van der Waals surface area contributed by atoms with E-state index in [-0.39, 0.29) is 40.5 Å². The summed E-state index contributed by atoms with van der Waals surface area (Å²) in [6.45, 7) is 9.03. The molecule has 0 heterocycles. The van der Waals surface area contributed by atoms with Crippen LogP contribution < -0.4 is 9.47 Å². The van der Waals surface area contributed by atoms with Crippen LogP contribution in [0.2, 0.25) is 10.0 Å². The van der Waals surface area contributed by atoms with Gasteiger partial charge in [-0.05, 0) is 64.4 Å². The second-order valence-corrected chi connectivity index (χ2v) is 8.04. The molecule has 0 saturated carbocycles. The number of hydrogen-bond donors (Lipinski definition) is 0. The maximum absolute atomic E-state index is 15.8. The van der Waals surface area contributed by atoms with Crippen molar-refractivity contribution in [2.45, 2.75) is 52.7 Å². The summed E-state index contributed by atoms with van der Waals surface area (Å²) in [7, 11) is 0. The van der Waals surface area contributed by atoms with Crippen LogP contribution >= 0.6 is 23.2 Å². The second kappa shape index (κ2) is 11.0. The summed E-state index contributed by atoms with van der Waals surface area (Å²) in [5, 5.41) is 0.611. The van der Waals surface area contributed by atoms with E-state index >= 15 is 4.39 Å². The van der Waals surface area contributed by atoms with Crippen LogP contribution in [0, 0.1) is 5.82 Å². The minimum Gasteiger partial charge on any atom is -0.490 e. The molecular formula is C23H27Cl2FO5. The molecule has 0 spiro atoms. The molecule has 0 bridgehead atoms. The van der Waals surface area contributed by atoms with Crippen LogP contribution in [0.5, 0.6) is 17.2 Å². The van der Waals surface area contributed by atoms with Gasteiger partial charge in [-0.25, -0.2) is 9.18 Å². The highest BCUT2D eigenvalue weighted by molar-refractivity contribution is 6.35. The zero-order chi connectivity index (χ0) is 23.2. The summed E-state index contributed by atoms with van der Waals surface area (Å²) in [4.78, 5) is 12.7. The fourth-order valence-corrected chi connectivity index (χ4v) is 3.40. The number of carbonyl (C=O) groups is 1. The second-order valence-electron chi connectivity index (χ2n) is 7.20. The van der Waals surface area contributed by atoms with Crippen molar-refractivity contribution in [3.63, 3.8) is 0 Å². The van der Waals surface area contributed by atoms with Crippen molar-refractivity contribution in [1.82, 2.24) is 0 Å². The van der Waals surface area contributed by atoms with E-state index in [2.05, 4.69) is 0 Å². The van der Waals surface area contributed by atoms with E-state index in [1.807, 2.05) is 6.92 Å². The van der Waals surface area contributed by atoms with Crippen molar-refractivity contribution in [3.05, 3.63) is 51.8 Å². The van der Waals surface area contributed by atoms with Gasteiger partial charge in [0, 0.05) is 10.6 Å². The van der Waals surface area contributed by atoms with Crippen molar-refractivity contribution in [3.8, 4) is 17.2 Å². The highest BCUT2D eigenvalue weighted by Gasteiger charge is 2.42. The summed E-state index contributed by atoms with van der Waals surface area (Å²) in [5.74, 6) is -1.37. The van der Waals surface area contributed by atoms with Gasteiger partial charge in [-0.3, -0.25) is 0 Å². The molecular weight excluding hydrogens is 446 g/mol. The third-order valence-electron chi connectivity index (χ3n) is 4.28. The molecule has 0 aliphatic heterocycles. The highest BCUT2D eigenvalue weighted by Crippen LogP contribution is 2.43. The maximum Gasteiger partial charge on any atom is 0.342 e. The Morgan fingerprint density at radius 3 is 2.39 bits per heavy atom. The van der Waals surface area contributed by atoms with Crippen molar-refractivity contribution in [2.24, 2.45) is 0 Å². The van der Waals surface area contributed by atoms with E-state index < -0.39 is 17.4 Å². The molecule has 0 aliphatic carbocycles. The van der Waals surface area contributed by atoms with Crippen LogP contribution in [0.3, 0.4) is 0 Å². The Bertz CT molecular complexity index is 919. The average Bonchev–Trinajstić information content (AvgIpc) is 2.69. The van der Waals surface area contributed by atoms with Crippen molar-refractivity contribution in [2.75, 3.05) is 13.2 Å². The predicted molar refractivity (Wildman–Crippen MR) is 119 cm³/mol. The van der Waals surface area contributed by atoms with E-state index in [0.29, 0.717) is 18.1 Å². The van der Waals surface area contributed by atoms with Crippen LogP contribution in [0.1, 0.15) is 46.6 Å². The first-order valence-electron chi connectivity index (χ1n) is 10.1. The van der Waals surface area contributed by atoms with Gasteiger partial charge in [0.1, 0.15) is 5.75 Å². The lowest BCUT2D eigenvalue weighted by Gasteiger charge is -2.31. The van der Waals surface area contributed by atoms with E-state index in [1.54, 1.807) is 26.8 Å². The van der Waals surface area contributed by atoms with E-state index in [1.165, 1.54) is 31.2 Å². The first-order chi connectivity index (χ1) is 14.6. The molecule has 1 atom stereocenters. The van der Waals surface area contributed by atoms with Crippen LogP contribution in [-0.4, -0.2) is 25.3 Å². The van der Waals surface area contributed by atoms with Crippen molar-refractivity contribution >= 4 is 29.2 Å². The van der Waals surface area contributed by atoms with E-state index in [0.717, 1.165) is 0 Å². The molecule has 0 N–H and O–H groups in total. The number of esters is 1. The fraction of sp³-hybridized carbons (Fsp3) is 0.435. The Morgan fingerprint density at radius 1 is 1.13 bits per heavy atom. The molecule has 0 amide bonds. The molecule has 0 saturated heterocycles. The molecule has 8 heteroatoms. The molecule has 2 rings (SSSR count). The molecule has 0 unspecified atom stereocenters.